The largest absolute Gasteiger partial charge is 0.368 e. The molecule has 21 heavy (non-hydrogen) atoms. The lowest BCUT2D eigenvalue weighted by atomic mass is 10.1. The van der Waals surface area contributed by atoms with Gasteiger partial charge < -0.3 is 10.2 Å². The van der Waals surface area contributed by atoms with E-state index in [0.29, 0.717) is 12.1 Å². The van der Waals surface area contributed by atoms with Crippen molar-refractivity contribution in [1.29, 1.82) is 0 Å². The number of nitrogens with one attached hydrogen (secondary N) is 1. The van der Waals surface area contributed by atoms with Gasteiger partial charge in [0.25, 0.3) is 0 Å². The molecule has 0 aliphatic carbocycles. The van der Waals surface area contributed by atoms with Crippen LogP contribution in [0.2, 0.25) is 0 Å². The molecule has 2 fully saturated rings. The second-order valence-electron chi connectivity index (χ2n) is 6.51. The Bertz CT molecular complexity index is 505. The van der Waals surface area contributed by atoms with Crippen molar-refractivity contribution < 1.29 is 4.39 Å². The van der Waals surface area contributed by atoms with E-state index in [2.05, 4.69) is 22.2 Å². The van der Waals surface area contributed by atoms with Gasteiger partial charge in [-0.25, -0.2) is 4.39 Å². The SMILES string of the molecule is CNC(C)c1ccc(N2CCC3CCC(C2)N3C)c(F)c1. The smallest absolute Gasteiger partial charge is 0.146 e. The zero-order chi connectivity index (χ0) is 15.0. The van der Waals surface area contributed by atoms with E-state index in [1.807, 2.05) is 26.1 Å². The minimum absolute atomic E-state index is 0.0879. The standard InChI is InChI=1S/C17H26FN3/c1-12(19-2)13-4-7-17(16(18)10-13)21-9-8-14-5-6-15(11-21)20(14)3/h4,7,10,12,14-15,19H,5-6,8-9,11H2,1-3H3. The van der Waals surface area contributed by atoms with Gasteiger partial charge in [-0.15, -0.1) is 0 Å². The quantitative estimate of drug-likeness (QED) is 0.924. The van der Waals surface area contributed by atoms with Gasteiger partial charge in [0.2, 0.25) is 0 Å². The minimum atomic E-state index is -0.0879. The summed E-state index contributed by atoms with van der Waals surface area (Å²) in [4.78, 5) is 4.73. The van der Waals surface area contributed by atoms with E-state index in [1.165, 1.54) is 12.8 Å². The molecule has 116 valence electrons. The Kier molecular flexibility index (Phi) is 4.18. The van der Waals surface area contributed by atoms with E-state index in [1.54, 1.807) is 6.07 Å². The summed E-state index contributed by atoms with van der Waals surface area (Å²) < 4.78 is 14.5. The van der Waals surface area contributed by atoms with Crippen LogP contribution in [0.1, 0.15) is 37.8 Å². The Labute approximate surface area is 127 Å². The van der Waals surface area contributed by atoms with Crippen molar-refractivity contribution in [1.82, 2.24) is 10.2 Å². The Morgan fingerprint density at radius 2 is 2.00 bits per heavy atom. The monoisotopic (exact) mass is 291 g/mol. The molecule has 3 nitrogen and oxygen atoms in total. The van der Waals surface area contributed by atoms with Gasteiger partial charge in [0, 0.05) is 31.2 Å². The molecule has 0 amide bonds. The van der Waals surface area contributed by atoms with Crippen LogP contribution < -0.4 is 10.2 Å². The maximum atomic E-state index is 14.5. The Balaban J connectivity index is 1.80. The van der Waals surface area contributed by atoms with Crippen LogP contribution in [0, 0.1) is 5.82 Å². The topological polar surface area (TPSA) is 18.5 Å². The molecule has 0 spiro atoms. The van der Waals surface area contributed by atoms with E-state index in [-0.39, 0.29) is 11.9 Å². The van der Waals surface area contributed by atoms with Crippen LogP contribution in [0.4, 0.5) is 10.1 Å². The molecule has 0 aromatic heterocycles. The van der Waals surface area contributed by atoms with Crippen LogP contribution in [0.25, 0.3) is 0 Å². The van der Waals surface area contributed by atoms with Gasteiger partial charge in [0.05, 0.1) is 5.69 Å². The fourth-order valence-electron chi connectivity index (χ4n) is 3.74. The van der Waals surface area contributed by atoms with Gasteiger partial charge in [0.15, 0.2) is 0 Å². The van der Waals surface area contributed by atoms with E-state index in [9.17, 15) is 4.39 Å². The number of likely N-dealkylation sites (N-methyl/N-ethyl adjacent to an activating group) is 1. The highest BCUT2D eigenvalue weighted by Crippen LogP contribution is 2.32. The van der Waals surface area contributed by atoms with Crippen LogP contribution >= 0.6 is 0 Å². The Hall–Kier alpha value is -1.13. The fourth-order valence-corrected chi connectivity index (χ4v) is 3.74. The normalized spacial score (nSPS) is 27.7. The van der Waals surface area contributed by atoms with E-state index < -0.39 is 0 Å². The first-order chi connectivity index (χ1) is 10.1. The van der Waals surface area contributed by atoms with Crippen molar-refractivity contribution in [3.63, 3.8) is 0 Å². The average molecular weight is 291 g/mol. The highest BCUT2D eigenvalue weighted by Gasteiger charge is 2.35. The molecule has 2 aliphatic rings. The molecule has 1 aromatic carbocycles. The second-order valence-corrected chi connectivity index (χ2v) is 6.51. The minimum Gasteiger partial charge on any atom is -0.368 e. The van der Waals surface area contributed by atoms with Gasteiger partial charge in [-0.1, -0.05) is 6.07 Å². The van der Waals surface area contributed by atoms with Crippen LogP contribution in [-0.4, -0.2) is 44.2 Å². The van der Waals surface area contributed by atoms with Gasteiger partial charge in [-0.05, 0) is 58.0 Å². The maximum absolute atomic E-state index is 14.5. The van der Waals surface area contributed by atoms with Crippen LogP contribution in [-0.2, 0) is 0 Å². The molecule has 4 heteroatoms. The molecule has 0 saturated carbocycles. The predicted molar refractivity (Wildman–Crippen MR) is 85.3 cm³/mol. The molecule has 1 aromatic rings. The van der Waals surface area contributed by atoms with Crippen LogP contribution in [0.3, 0.4) is 0 Å². The summed E-state index contributed by atoms with van der Waals surface area (Å²) in [5, 5.41) is 3.16. The molecule has 3 unspecified atom stereocenters. The lowest BCUT2D eigenvalue weighted by Crippen LogP contribution is -2.37. The molecular formula is C17H26FN3. The molecule has 2 aliphatic heterocycles. The van der Waals surface area contributed by atoms with Crippen LogP contribution in [0.15, 0.2) is 18.2 Å². The number of rotatable bonds is 3. The lowest BCUT2D eigenvalue weighted by Gasteiger charge is -2.28. The average Bonchev–Trinajstić information content (AvgIpc) is 2.72. The third-order valence-corrected chi connectivity index (χ3v) is 5.39. The first-order valence-electron chi connectivity index (χ1n) is 8.03. The molecule has 3 atom stereocenters. The molecule has 3 rings (SSSR count). The van der Waals surface area contributed by atoms with Gasteiger partial charge in [0.1, 0.15) is 5.82 Å². The molecule has 2 saturated heterocycles. The summed E-state index contributed by atoms with van der Waals surface area (Å²) in [5.41, 5.74) is 1.77. The van der Waals surface area contributed by atoms with Crippen molar-refractivity contribution in [2.45, 2.75) is 44.3 Å². The first kappa shape index (κ1) is 14.8. The Morgan fingerprint density at radius 1 is 1.24 bits per heavy atom. The second kappa shape index (κ2) is 5.93. The van der Waals surface area contributed by atoms with Crippen molar-refractivity contribution in [3.05, 3.63) is 29.6 Å². The number of anilines is 1. The first-order valence-corrected chi connectivity index (χ1v) is 8.03. The van der Waals surface area contributed by atoms with Crippen molar-refractivity contribution in [3.8, 4) is 0 Å². The van der Waals surface area contributed by atoms with Gasteiger partial charge in [-0.3, -0.25) is 4.90 Å². The summed E-state index contributed by atoms with van der Waals surface area (Å²) in [6.45, 7) is 3.96. The zero-order valence-corrected chi connectivity index (χ0v) is 13.3. The fraction of sp³-hybridized carbons (Fsp3) is 0.647. The van der Waals surface area contributed by atoms with Crippen molar-refractivity contribution >= 4 is 5.69 Å². The van der Waals surface area contributed by atoms with Crippen molar-refractivity contribution in [2.75, 3.05) is 32.1 Å². The molecule has 0 radical (unpaired) electrons. The lowest BCUT2D eigenvalue weighted by molar-refractivity contribution is 0.254. The van der Waals surface area contributed by atoms with E-state index in [4.69, 9.17) is 0 Å². The summed E-state index contributed by atoms with van der Waals surface area (Å²) in [6.07, 6.45) is 3.69. The number of hydrogen-bond acceptors (Lipinski definition) is 3. The third kappa shape index (κ3) is 2.79. The molecular weight excluding hydrogens is 265 g/mol. The number of benzene rings is 1. The molecule has 2 bridgehead atoms. The number of halogens is 1. The number of hydrogen-bond donors (Lipinski definition) is 1. The van der Waals surface area contributed by atoms with Gasteiger partial charge >= 0.3 is 0 Å². The maximum Gasteiger partial charge on any atom is 0.146 e. The van der Waals surface area contributed by atoms with Crippen LogP contribution in [0.5, 0.6) is 0 Å². The van der Waals surface area contributed by atoms with E-state index >= 15 is 0 Å². The van der Waals surface area contributed by atoms with Crippen molar-refractivity contribution in [2.24, 2.45) is 0 Å². The number of fused-ring (bicyclic) bond motifs is 2. The number of nitrogens with zero attached hydrogens (tertiary/aromatic N) is 2. The summed E-state index contributed by atoms with van der Waals surface area (Å²) in [5.74, 6) is -0.0879. The third-order valence-electron chi connectivity index (χ3n) is 5.39. The highest BCUT2D eigenvalue weighted by atomic mass is 19.1. The predicted octanol–water partition coefficient (Wildman–Crippen LogP) is 2.78. The van der Waals surface area contributed by atoms with E-state index in [0.717, 1.165) is 30.8 Å². The Morgan fingerprint density at radius 3 is 2.71 bits per heavy atom. The highest BCUT2D eigenvalue weighted by molar-refractivity contribution is 5.50. The summed E-state index contributed by atoms with van der Waals surface area (Å²) in [7, 11) is 4.12. The summed E-state index contributed by atoms with van der Waals surface area (Å²) >= 11 is 0. The summed E-state index contributed by atoms with van der Waals surface area (Å²) in [6, 6.07) is 7.13. The zero-order valence-electron chi connectivity index (χ0n) is 13.3. The molecule has 2 heterocycles. The van der Waals surface area contributed by atoms with Gasteiger partial charge in [-0.2, -0.15) is 0 Å². The molecule has 1 N–H and O–H groups in total.